The molecule has 15 heavy (non-hydrogen) atoms. The highest BCUT2D eigenvalue weighted by atomic mass is 79.9. The molecule has 2 N–H and O–H groups in total. The molecule has 0 saturated carbocycles. The molecule has 0 spiro atoms. The minimum Gasteiger partial charge on any atom is -0.467 e. The highest BCUT2D eigenvalue weighted by Gasteiger charge is 2.34. The van der Waals surface area contributed by atoms with Gasteiger partial charge in [-0.1, -0.05) is 0 Å². The van der Waals surface area contributed by atoms with Crippen LogP contribution in [-0.4, -0.2) is 16.2 Å². The summed E-state index contributed by atoms with van der Waals surface area (Å²) in [7, 11) is 0. The van der Waals surface area contributed by atoms with Crippen molar-refractivity contribution < 1.29 is 9.52 Å². The average Bonchev–Trinajstić information content (AvgIpc) is 2.46. The van der Waals surface area contributed by atoms with Crippen LogP contribution in [0.4, 0.5) is 0 Å². The van der Waals surface area contributed by atoms with Gasteiger partial charge in [0, 0.05) is 5.54 Å². The molecule has 1 rings (SSSR count). The molecule has 0 bridgehead atoms. The number of rotatable bonds is 4. The largest absolute Gasteiger partial charge is 0.467 e. The molecule has 1 aromatic rings. The molecule has 86 valence electrons. The summed E-state index contributed by atoms with van der Waals surface area (Å²) in [6.07, 6.45) is 1.64. The monoisotopic (exact) mass is 275 g/mol. The lowest BCUT2D eigenvalue weighted by Gasteiger charge is -2.38. The molecule has 4 heteroatoms. The van der Waals surface area contributed by atoms with Gasteiger partial charge in [0.1, 0.15) is 5.76 Å². The van der Waals surface area contributed by atoms with Crippen molar-refractivity contribution in [3.63, 3.8) is 0 Å². The van der Waals surface area contributed by atoms with Gasteiger partial charge in [-0.3, -0.25) is 0 Å². The zero-order chi connectivity index (χ0) is 11.7. The highest BCUT2D eigenvalue weighted by Crippen LogP contribution is 2.23. The lowest BCUT2D eigenvalue weighted by molar-refractivity contribution is -0.00605. The smallest absolute Gasteiger partial charge is 0.131 e. The van der Waals surface area contributed by atoms with E-state index in [4.69, 9.17) is 4.42 Å². The fourth-order valence-electron chi connectivity index (χ4n) is 0.969. The normalized spacial score (nSPS) is 13.2. The van der Waals surface area contributed by atoms with Crippen molar-refractivity contribution in [2.45, 2.75) is 45.4 Å². The van der Waals surface area contributed by atoms with E-state index in [9.17, 15) is 5.11 Å². The molecule has 0 unspecified atom stereocenters. The highest BCUT2D eigenvalue weighted by molar-refractivity contribution is 9.10. The summed E-state index contributed by atoms with van der Waals surface area (Å²) in [6.45, 7) is 8.09. The van der Waals surface area contributed by atoms with Crippen molar-refractivity contribution in [3.8, 4) is 0 Å². The van der Waals surface area contributed by atoms with Crippen LogP contribution in [0.2, 0.25) is 0 Å². The molecular weight excluding hydrogens is 258 g/mol. The van der Waals surface area contributed by atoms with E-state index in [1.54, 1.807) is 20.1 Å². The molecule has 0 aliphatic carbocycles. The van der Waals surface area contributed by atoms with Gasteiger partial charge in [0.15, 0.2) is 0 Å². The molecule has 3 nitrogen and oxygen atoms in total. The zero-order valence-electron chi connectivity index (χ0n) is 9.60. The van der Waals surface area contributed by atoms with Crippen molar-refractivity contribution in [1.82, 2.24) is 5.32 Å². The molecule has 0 aliphatic heterocycles. The van der Waals surface area contributed by atoms with E-state index in [1.807, 2.05) is 19.9 Å². The predicted octanol–water partition coefficient (Wildman–Crippen LogP) is 2.68. The summed E-state index contributed by atoms with van der Waals surface area (Å²) in [5.74, 6) is 0.840. The first-order valence-corrected chi connectivity index (χ1v) is 5.72. The third-order valence-electron chi connectivity index (χ3n) is 2.91. The van der Waals surface area contributed by atoms with E-state index in [1.165, 1.54) is 0 Å². The van der Waals surface area contributed by atoms with E-state index in [0.29, 0.717) is 6.54 Å². The van der Waals surface area contributed by atoms with E-state index < -0.39 is 5.60 Å². The van der Waals surface area contributed by atoms with Crippen LogP contribution in [0.15, 0.2) is 21.2 Å². The van der Waals surface area contributed by atoms with E-state index in [-0.39, 0.29) is 5.54 Å². The van der Waals surface area contributed by atoms with Gasteiger partial charge >= 0.3 is 0 Å². The van der Waals surface area contributed by atoms with Gasteiger partial charge in [-0.05, 0) is 49.7 Å². The van der Waals surface area contributed by atoms with Gasteiger partial charge in [0.05, 0.1) is 22.9 Å². The summed E-state index contributed by atoms with van der Waals surface area (Å²) in [6, 6.07) is 1.86. The van der Waals surface area contributed by atoms with Crippen molar-refractivity contribution in [3.05, 3.63) is 22.6 Å². The minimum atomic E-state index is -0.786. The van der Waals surface area contributed by atoms with Gasteiger partial charge in [-0.2, -0.15) is 0 Å². The topological polar surface area (TPSA) is 45.4 Å². The molecular formula is C11H18BrNO2. The molecule has 0 atom stereocenters. The molecule has 0 aliphatic rings. The second kappa shape index (κ2) is 4.28. The Morgan fingerprint density at radius 1 is 1.40 bits per heavy atom. The number of aliphatic hydroxyl groups is 1. The lowest BCUT2D eigenvalue weighted by Crippen LogP contribution is -2.55. The fraction of sp³-hybridized carbons (Fsp3) is 0.636. The van der Waals surface area contributed by atoms with Gasteiger partial charge in [0.2, 0.25) is 0 Å². The van der Waals surface area contributed by atoms with Crippen LogP contribution in [0, 0.1) is 0 Å². The molecule has 1 aromatic heterocycles. The number of hydrogen-bond donors (Lipinski definition) is 2. The Hall–Kier alpha value is -0.320. The average molecular weight is 276 g/mol. The van der Waals surface area contributed by atoms with E-state index >= 15 is 0 Å². The van der Waals surface area contributed by atoms with E-state index in [0.717, 1.165) is 10.2 Å². The van der Waals surface area contributed by atoms with Crippen LogP contribution in [0.25, 0.3) is 0 Å². The van der Waals surface area contributed by atoms with Crippen LogP contribution >= 0.6 is 15.9 Å². The van der Waals surface area contributed by atoms with Crippen molar-refractivity contribution in [2.24, 2.45) is 0 Å². The number of nitrogens with one attached hydrogen (secondary N) is 1. The minimum absolute atomic E-state index is 0.376. The standard InChI is InChI=1S/C11H18BrNO2/c1-10(2,11(3,4)14)13-7-9-8(12)5-6-15-9/h5-6,13-14H,7H2,1-4H3. The maximum atomic E-state index is 9.94. The second-order valence-electron chi connectivity index (χ2n) is 4.73. The summed E-state index contributed by atoms with van der Waals surface area (Å²) >= 11 is 3.39. The van der Waals surface area contributed by atoms with Crippen LogP contribution in [0.5, 0.6) is 0 Å². The summed E-state index contributed by atoms with van der Waals surface area (Å²) in [5.41, 5.74) is -1.16. The molecule has 0 radical (unpaired) electrons. The van der Waals surface area contributed by atoms with Crippen molar-refractivity contribution in [1.29, 1.82) is 0 Å². The maximum absolute atomic E-state index is 9.94. The Morgan fingerprint density at radius 2 is 2.00 bits per heavy atom. The van der Waals surface area contributed by atoms with Gasteiger partial charge < -0.3 is 14.8 Å². The van der Waals surface area contributed by atoms with Crippen molar-refractivity contribution in [2.75, 3.05) is 0 Å². The van der Waals surface area contributed by atoms with Crippen LogP contribution < -0.4 is 5.32 Å². The maximum Gasteiger partial charge on any atom is 0.131 e. The first-order valence-electron chi connectivity index (χ1n) is 4.93. The Bertz CT molecular complexity index is 326. The number of hydrogen-bond acceptors (Lipinski definition) is 3. The Labute approximate surface area is 99.0 Å². The zero-order valence-corrected chi connectivity index (χ0v) is 11.2. The number of halogens is 1. The molecule has 0 amide bonds. The first-order chi connectivity index (χ1) is 6.74. The van der Waals surface area contributed by atoms with Crippen LogP contribution in [0.1, 0.15) is 33.5 Å². The van der Waals surface area contributed by atoms with Crippen molar-refractivity contribution >= 4 is 15.9 Å². The third kappa shape index (κ3) is 3.06. The third-order valence-corrected chi connectivity index (χ3v) is 3.62. The molecule has 0 aromatic carbocycles. The lowest BCUT2D eigenvalue weighted by atomic mass is 9.86. The fourth-order valence-corrected chi connectivity index (χ4v) is 1.31. The summed E-state index contributed by atoms with van der Waals surface area (Å²) in [4.78, 5) is 0. The SMILES string of the molecule is CC(C)(O)C(C)(C)NCc1occc1Br. The predicted molar refractivity (Wildman–Crippen MR) is 63.6 cm³/mol. The summed E-state index contributed by atoms with van der Waals surface area (Å²) < 4.78 is 6.23. The quantitative estimate of drug-likeness (QED) is 0.888. The molecule has 1 heterocycles. The molecule has 0 saturated heterocycles. The van der Waals surface area contributed by atoms with E-state index in [2.05, 4.69) is 21.2 Å². The Morgan fingerprint density at radius 3 is 2.40 bits per heavy atom. The van der Waals surface area contributed by atoms with Gasteiger partial charge in [0.25, 0.3) is 0 Å². The second-order valence-corrected chi connectivity index (χ2v) is 5.58. The number of furan rings is 1. The van der Waals surface area contributed by atoms with Crippen LogP contribution in [-0.2, 0) is 6.54 Å². The van der Waals surface area contributed by atoms with Crippen LogP contribution in [0.3, 0.4) is 0 Å². The van der Waals surface area contributed by atoms with Gasteiger partial charge in [-0.15, -0.1) is 0 Å². The first kappa shape index (κ1) is 12.7. The Balaban J connectivity index is 2.61. The Kier molecular flexibility index (Phi) is 3.63. The van der Waals surface area contributed by atoms with Gasteiger partial charge in [-0.25, -0.2) is 0 Å². The summed E-state index contributed by atoms with van der Waals surface area (Å²) in [5, 5.41) is 13.2. The molecule has 0 fully saturated rings.